The summed E-state index contributed by atoms with van der Waals surface area (Å²) in [5.74, 6) is 0.320. The molecule has 0 saturated heterocycles. The molecule has 1 aromatic carbocycles. The third-order valence-corrected chi connectivity index (χ3v) is 5.02. The van der Waals surface area contributed by atoms with E-state index in [-0.39, 0.29) is 11.5 Å². The fourth-order valence-corrected chi connectivity index (χ4v) is 2.68. The summed E-state index contributed by atoms with van der Waals surface area (Å²) in [5, 5.41) is 3.14. The number of anilines is 1. The maximum atomic E-state index is 11.4. The van der Waals surface area contributed by atoms with Gasteiger partial charge in [0.1, 0.15) is 0 Å². The number of rotatable bonds is 7. The lowest BCUT2D eigenvalue weighted by atomic mass is 10.2. The van der Waals surface area contributed by atoms with Crippen molar-refractivity contribution in [3.05, 3.63) is 28.2 Å². The van der Waals surface area contributed by atoms with Gasteiger partial charge in [-0.15, -0.1) is 0 Å². The van der Waals surface area contributed by atoms with Gasteiger partial charge >= 0.3 is 0 Å². The van der Waals surface area contributed by atoms with Crippen LogP contribution in [0.4, 0.5) is 5.69 Å². The Balaban J connectivity index is 2.70. The lowest BCUT2D eigenvalue weighted by molar-refractivity contribution is 0.185. The molecule has 18 heavy (non-hydrogen) atoms. The van der Waals surface area contributed by atoms with Crippen molar-refractivity contribution >= 4 is 31.5 Å². The highest BCUT2D eigenvalue weighted by Crippen LogP contribution is 2.25. The molecule has 0 unspecified atom stereocenters. The van der Waals surface area contributed by atoms with Crippen LogP contribution in [0.25, 0.3) is 0 Å². The second-order valence-corrected chi connectivity index (χ2v) is 7.19. The molecule has 0 aromatic heterocycles. The maximum Gasteiger partial charge on any atom is 0.151 e. The van der Waals surface area contributed by atoms with Crippen molar-refractivity contribution in [2.24, 2.45) is 0 Å². The fourth-order valence-electron chi connectivity index (χ4n) is 1.50. The molecule has 0 aliphatic rings. The quantitative estimate of drug-likeness (QED) is 0.831. The van der Waals surface area contributed by atoms with Crippen molar-refractivity contribution in [2.75, 3.05) is 30.5 Å². The van der Waals surface area contributed by atoms with Crippen molar-refractivity contribution < 1.29 is 13.2 Å². The van der Waals surface area contributed by atoms with Crippen LogP contribution in [0, 0.1) is 0 Å². The van der Waals surface area contributed by atoms with Crippen LogP contribution in [0.2, 0.25) is 0 Å². The molecule has 0 heterocycles. The van der Waals surface area contributed by atoms with Crippen molar-refractivity contribution in [1.29, 1.82) is 0 Å². The van der Waals surface area contributed by atoms with Crippen LogP contribution < -0.4 is 5.32 Å². The lowest BCUT2D eigenvalue weighted by Crippen LogP contribution is -2.17. The molecule has 0 aliphatic carbocycles. The molecule has 0 saturated carbocycles. The summed E-state index contributed by atoms with van der Waals surface area (Å²) in [6.07, 6.45) is 0. The highest BCUT2D eigenvalue weighted by Gasteiger charge is 2.09. The molecular weight excluding hydrogens is 318 g/mol. The van der Waals surface area contributed by atoms with Gasteiger partial charge in [0.2, 0.25) is 0 Å². The van der Waals surface area contributed by atoms with Gasteiger partial charge in [-0.2, -0.15) is 0 Å². The highest BCUT2D eigenvalue weighted by molar-refractivity contribution is 9.10. The molecule has 0 fully saturated rings. The van der Waals surface area contributed by atoms with Gasteiger partial charge in [0.25, 0.3) is 0 Å². The molecule has 0 aliphatic heterocycles. The summed E-state index contributed by atoms with van der Waals surface area (Å²) in [7, 11) is -1.30. The Bertz CT molecular complexity index is 488. The summed E-state index contributed by atoms with van der Waals surface area (Å²) in [6, 6.07) is 5.75. The van der Waals surface area contributed by atoms with Crippen LogP contribution >= 0.6 is 15.9 Å². The first-order chi connectivity index (χ1) is 8.50. The van der Waals surface area contributed by atoms with E-state index in [9.17, 15) is 8.42 Å². The van der Waals surface area contributed by atoms with E-state index < -0.39 is 9.84 Å². The van der Waals surface area contributed by atoms with E-state index in [0.717, 1.165) is 15.7 Å². The molecule has 102 valence electrons. The van der Waals surface area contributed by atoms with E-state index in [4.69, 9.17) is 4.74 Å². The Labute approximate surface area is 117 Å². The number of sulfone groups is 1. The van der Waals surface area contributed by atoms with E-state index in [1.165, 1.54) is 0 Å². The van der Waals surface area contributed by atoms with Crippen LogP contribution in [0.3, 0.4) is 0 Å². The van der Waals surface area contributed by atoms with Gasteiger partial charge in [-0.25, -0.2) is 8.42 Å². The smallest absolute Gasteiger partial charge is 0.151 e. The number of hydrogen-bond donors (Lipinski definition) is 1. The van der Waals surface area contributed by atoms with E-state index in [1.807, 2.05) is 18.2 Å². The summed E-state index contributed by atoms with van der Waals surface area (Å²) in [4.78, 5) is 0. The average molecular weight is 336 g/mol. The monoisotopic (exact) mass is 335 g/mol. The molecule has 0 bridgehead atoms. The number of benzene rings is 1. The minimum Gasteiger partial charge on any atom is -0.384 e. The first-order valence-corrected chi connectivity index (χ1v) is 8.32. The zero-order valence-corrected chi connectivity index (χ0v) is 13.0. The second kappa shape index (κ2) is 7.11. The molecule has 0 radical (unpaired) electrons. The van der Waals surface area contributed by atoms with Crippen molar-refractivity contribution in [2.45, 2.75) is 13.5 Å². The van der Waals surface area contributed by atoms with E-state index in [1.54, 1.807) is 14.0 Å². The number of ether oxygens (including phenoxy) is 1. The summed E-state index contributed by atoms with van der Waals surface area (Å²) >= 11 is 3.45. The molecule has 1 N–H and O–H groups in total. The summed E-state index contributed by atoms with van der Waals surface area (Å²) in [6.45, 7) is 2.54. The van der Waals surface area contributed by atoms with E-state index in [0.29, 0.717) is 13.2 Å². The van der Waals surface area contributed by atoms with Crippen LogP contribution in [0.5, 0.6) is 0 Å². The molecule has 0 amide bonds. The first-order valence-electron chi connectivity index (χ1n) is 5.70. The van der Waals surface area contributed by atoms with Crippen molar-refractivity contribution in [3.8, 4) is 0 Å². The molecule has 4 nitrogen and oxygen atoms in total. The van der Waals surface area contributed by atoms with Gasteiger partial charge in [0, 0.05) is 35.1 Å². The summed E-state index contributed by atoms with van der Waals surface area (Å²) < 4.78 is 28.9. The number of methoxy groups -OCH3 is 1. The standard InChI is InChI=1S/C12H18BrNO3S/c1-3-18(15,16)8-7-14-12-6-4-5-11(13)10(12)9-17-2/h4-6,14H,3,7-9H2,1-2H3. The Morgan fingerprint density at radius 1 is 1.39 bits per heavy atom. The van der Waals surface area contributed by atoms with Crippen LogP contribution in [0.15, 0.2) is 22.7 Å². The third kappa shape index (κ3) is 4.59. The number of halogens is 1. The lowest BCUT2D eigenvalue weighted by Gasteiger charge is -2.13. The number of nitrogens with one attached hydrogen (secondary N) is 1. The zero-order valence-electron chi connectivity index (χ0n) is 10.6. The van der Waals surface area contributed by atoms with E-state index in [2.05, 4.69) is 21.2 Å². The van der Waals surface area contributed by atoms with Gasteiger partial charge in [-0.3, -0.25) is 0 Å². The van der Waals surface area contributed by atoms with Crippen LogP contribution in [0.1, 0.15) is 12.5 Å². The van der Waals surface area contributed by atoms with Crippen molar-refractivity contribution in [3.63, 3.8) is 0 Å². The predicted octanol–water partition coefficient (Wildman–Crippen LogP) is 2.44. The Morgan fingerprint density at radius 3 is 2.72 bits per heavy atom. The minimum absolute atomic E-state index is 0.141. The fraction of sp³-hybridized carbons (Fsp3) is 0.500. The second-order valence-electron chi connectivity index (χ2n) is 3.86. The Hall–Kier alpha value is -0.590. The van der Waals surface area contributed by atoms with E-state index >= 15 is 0 Å². The van der Waals surface area contributed by atoms with Gasteiger partial charge in [0.15, 0.2) is 9.84 Å². The van der Waals surface area contributed by atoms with Crippen molar-refractivity contribution in [1.82, 2.24) is 0 Å². The van der Waals surface area contributed by atoms with Gasteiger partial charge in [0.05, 0.1) is 12.4 Å². The van der Waals surface area contributed by atoms with Crippen LogP contribution in [-0.4, -0.2) is 33.6 Å². The number of hydrogen-bond acceptors (Lipinski definition) is 4. The minimum atomic E-state index is -2.93. The normalized spacial score (nSPS) is 11.5. The Kier molecular flexibility index (Phi) is 6.11. The molecule has 6 heteroatoms. The van der Waals surface area contributed by atoms with Gasteiger partial charge < -0.3 is 10.1 Å². The third-order valence-electron chi connectivity index (χ3n) is 2.58. The van der Waals surface area contributed by atoms with Gasteiger partial charge in [-0.05, 0) is 12.1 Å². The topological polar surface area (TPSA) is 55.4 Å². The Morgan fingerprint density at radius 2 is 2.11 bits per heavy atom. The summed E-state index contributed by atoms with van der Waals surface area (Å²) in [5.41, 5.74) is 1.89. The highest BCUT2D eigenvalue weighted by atomic mass is 79.9. The SMILES string of the molecule is CCS(=O)(=O)CCNc1cccc(Br)c1COC. The van der Waals surface area contributed by atoms with Gasteiger partial charge in [-0.1, -0.05) is 28.9 Å². The average Bonchev–Trinajstić information content (AvgIpc) is 2.33. The largest absolute Gasteiger partial charge is 0.384 e. The zero-order chi connectivity index (χ0) is 13.6. The molecule has 0 spiro atoms. The molecule has 0 atom stereocenters. The molecule has 1 aromatic rings. The molecular formula is C12H18BrNO3S. The molecule has 1 rings (SSSR count). The predicted molar refractivity (Wildman–Crippen MR) is 77.7 cm³/mol. The first kappa shape index (κ1) is 15.5. The van der Waals surface area contributed by atoms with Crippen LogP contribution in [-0.2, 0) is 21.2 Å². The maximum absolute atomic E-state index is 11.4.